The zero-order chi connectivity index (χ0) is 13.2. The Balaban J connectivity index is 2.04. The minimum absolute atomic E-state index is 0.0139. The molecule has 0 aromatic heterocycles. The maximum absolute atomic E-state index is 12.8. The van der Waals surface area contributed by atoms with E-state index in [0.717, 1.165) is 25.7 Å². The van der Waals surface area contributed by atoms with E-state index in [2.05, 4.69) is 20.8 Å². The first-order chi connectivity index (χ1) is 8.35. The molecule has 2 unspecified atom stereocenters. The number of carbonyl (C=O) groups is 1. The van der Waals surface area contributed by atoms with Gasteiger partial charge in [0.2, 0.25) is 0 Å². The fourth-order valence-corrected chi connectivity index (χ4v) is 4.58. The number of hydrogen-bond acceptors (Lipinski definition) is 3. The molecule has 3 rings (SSSR count). The van der Waals surface area contributed by atoms with E-state index < -0.39 is 5.60 Å². The van der Waals surface area contributed by atoms with E-state index in [1.807, 2.05) is 0 Å². The first-order valence-corrected chi connectivity index (χ1v) is 7.20. The van der Waals surface area contributed by atoms with E-state index in [9.17, 15) is 9.90 Å². The zero-order valence-electron chi connectivity index (χ0n) is 11.7. The number of ketones is 1. The number of aliphatic hydroxyl groups is 1. The molecule has 1 aliphatic heterocycles. The standard InChI is InChI=1S/C15H24O3/c1-13(2)11-5-7-14(3)6-4-10(9-16)12(17)15(14,8-11)18-13/h10-11,16H,4-9H2,1-3H3/t10-,11?,14-,15?/m0/s1. The van der Waals surface area contributed by atoms with Crippen molar-refractivity contribution in [3.63, 3.8) is 0 Å². The summed E-state index contributed by atoms with van der Waals surface area (Å²) in [6.45, 7) is 6.43. The third-order valence-electron chi connectivity index (χ3n) is 6.01. The van der Waals surface area contributed by atoms with Crippen molar-refractivity contribution in [2.75, 3.05) is 6.61 Å². The molecule has 102 valence electrons. The van der Waals surface area contributed by atoms with Gasteiger partial charge in [0.15, 0.2) is 5.78 Å². The average molecular weight is 252 g/mol. The van der Waals surface area contributed by atoms with Gasteiger partial charge in [-0.3, -0.25) is 4.79 Å². The molecule has 2 aliphatic carbocycles. The normalized spacial score (nSPS) is 50.1. The second-order valence-electron chi connectivity index (χ2n) is 7.32. The molecule has 1 spiro atoms. The van der Waals surface area contributed by atoms with Crippen molar-refractivity contribution in [1.82, 2.24) is 0 Å². The summed E-state index contributed by atoms with van der Waals surface area (Å²) in [7, 11) is 0. The van der Waals surface area contributed by atoms with Crippen molar-refractivity contribution in [1.29, 1.82) is 0 Å². The third kappa shape index (κ3) is 1.35. The van der Waals surface area contributed by atoms with Crippen molar-refractivity contribution in [3.05, 3.63) is 0 Å². The summed E-state index contributed by atoms with van der Waals surface area (Å²) in [5.41, 5.74) is -0.810. The summed E-state index contributed by atoms with van der Waals surface area (Å²) in [6, 6.07) is 0. The second kappa shape index (κ2) is 3.57. The Morgan fingerprint density at radius 1 is 1.28 bits per heavy atom. The van der Waals surface area contributed by atoms with Crippen molar-refractivity contribution >= 4 is 5.78 Å². The van der Waals surface area contributed by atoms with Crippen LogP contribution in [0.1, 0.15) is 52.9 Å². The molecule has 2 saturated carbocycles. The molecular weight excluding hydrogens is 228 g/mol. The Morgan fingerprint density at radius 2 is 1.94 bits per heavy atom. The monoisotopic (exact) mass is 252 g/mol. The molecule has 1 saturated heterocycles. The number of ether oxygens (including phenoxy) is 1. The lowest BCUT2D eigenvalue weighted by molar-refractivity contribution is -0.188. The van der Waals surface area contributed by atoms with Crippen molar-refractivity contribution in [2.45, 2.75) is 64.1 Å². The third-order valence-corrected chi connectivity index (χ3v) is 6.01. The summed E-state index contributed by atoms with van der Waals surface area (Å²) >= 11 is 0. The Hall–Kier alpha value is -0.410. The highest BCUT2D eigenvalue weighted by molar-refractivity contribution is 5.92. The van der Waals surface area contributed by atoms with Crippen LogP contribution in [0.25, 0.3) is 0 Å². The minimum Gasteiger partial charge on any atom is -0.396 e. The molecule has 3 heteroatoms. The first-order valence-electron chi connectivity index (χ1n) is 7.20. The molecule has 18 heavy (non-hydrogen) atoms. The van der Waals surface area contributed by atoms with Crippen LogP contribution in [0.3, 0.4) is 0 Å². The highest BCUT2D eigenvalue weighted by atomic mass is 16.5. The van der Waals surface area contributed by atoms with E-state index in [1.165, 1.54) is 6.42 Å². The van der Waals surface area contributed by atoms with Gasteiger partial charge in [-0.25, -0.2) is 0 Å². The summed E-state index contributed by atoms with van der Waals surface area (Å²) in [5, 5.41) is 9.41. The Bertz CT molecular complexity index is 389. The lowest BCUT2D eigenvalue weighted by Gasteiger charge is -2.52. The number of Topliss-reactive ketones (excluding diaryl/α,β-unsaturated/α-hetero) is 1. The molecule has 2 bridgehead atoms. The molecule has 0 aromatic rings. The Labute approximate surface area is 109 Å². The zero-order valence-corrected chi connectivity index (χ0v) is 11.7. The van der Waals surface area contributed by atoms with Crippen LogP contribution in [0.2, 0.25) is 0 Å². The topological polar surface area (TPSA) is 46.5 Å². The van der Waals surface area contributed by atoms with Crippen LogP contribution in [-0.4, -0.2) is 28.7 Å². The van der Waals surface area contributed by atoms with E-state index in [4.69, 9.17) is 4.74 Å². The predicted octanol–water partition coefficient (Wildman–Crippen LogP) is 2.31. The van der Waals surface area contributed by atoms with Gasteiger partial charge in [-0.05, 0) is 51.9 Å². The SMILES string of the molecule is CC1(C)OC23CC1CC[C@]2(C)CC[C@@H](CO)C3=O. The molecule has 4 atom stereocenters. The lowest BCUT2D eigenvalue weighted by atomic mass is 9.53. The maximum atomic E-state index is 12.8. The van der Waals surface area contributed by atoms with Crippen LogP contribution in [0.15, 0.2) is 0 Å². The summed E-state index contributed by atoms with van der Waals surface area (Å²) in [6.07, 6.45) is 4.95. The molecule has 3 nitrogen and oxygen atoms in total. The maximum Gasteiger partial charge on any atom is 0.170 e. The minimum atomic E-state index is -0.606. The molecule has 3 fully saturated rings. The number of fused-ring (bicyclic) bond motifs is 1. The van der Waals surface area contributed by atoms with Crippen LogP contribution in [-0.2, 0) is 9.53 Å². The predicted molar refractivity (Wildman–Crippen MR) is 68.2 cm³/mol. The largest absolute Gasteiger partial charge is 0.396 e. The quantitative estimate of drug-likeness (QED) is 0.779. The molecule has 0 aromatic carbocycles. The number of rotatable bonds is 1. The Morgan fingerprint density at radius 3 is 2.61 bits per heavy atom. The number of carbonyl (C=O) groups excluding carboxylic acids is 1. The first kappa shape index (κ1) is 12.6. The summed E-state index contributed by atoms with van der Waals surface area (Å²) < 4.78 is 6.35. The van der Waals surface area contributed by atoms with Gasteiger partial charge < -0.3 is 9.84 Å². The number of aliphatic hydroxyl groups excluding tert-OH is 1. The molecule has 1 N–H and O–H groups in total. The molecule has 1 heterocycles. The highest BCUT2D eigenvalue weighted by Gasteiger charge is 2.68. The van der Waals surface area contributed by atoms with Gasteiger partial charge in [0.25, 0.3) is 0 Å². The number of hydrogen-bond donors (Lipinski definition) is 1. The van der Waals surface area contributed by atoms with Crippen LogP contribution in [0.5, 0.6) is 0 Å². The van der Waals surface area contributed by atoms with Gasteiger partial charge >= 0.3 is 0 Å². The van der Waals surface area contributed by atoms with Gasteiger partial charge in [-0.2, -0.15) is 0 Å². The molecular formula is C15H24O3. The Kier molecular flexibility index (Phi) is 2.50. The fraction of sp³-hybridized carbons (Fsp3) is 0.933. The van der Waals surface area contributed by atoms with E-state index in [0.29, 0.717) is 5.92 Å². The summed E-state index contributed by atoms with van der Waals surface area (Å²) in [5.74, 6) is 0.465. The van der Waals surface area contributed by atoms with Crippen LogP contribution < -0.4 is 0 Å². The van der Waals surface area contributed by atoms with E-state index in [1.54, 1.807) is 0 Å². The van der Waals surface area contributed by atoms with Crippen molar-refractivity contribution < 1.29 is 14.6 Å². The second-order valence-corrected chi connectivity index (χ2v) is 7.32. The van der Waals surface area contributed by atoms with E-state index >= 15 is 0 Å². The molecule has 3 aliphatic rings. The van der Waals surface area contributed by atoms with Crippen molar-refractivity contribution in [3.8, 4) is 0 Å². The molecule has 0 amide bonds. The van der Waals surface area contributed by atoms with Crippen LogP contribution in [0.4, 0.5) is 0 Å². The average Bonchev–Trinajstić information content (AvgIpc) is 2.54. The highest BCUT2D eigenvalue weighted by Crippen LogP contribution is 2.63. The van der Waals surface area contributed by atoms with Gasteiger partial charge in [-0.15, -0.1) is 0 Å². The van der Waals surface area contributed by atoms with Gasteiger partial charge in [0.1, 0.15) is 5.60 Å². The van der Waals surface area contributed by atoms with Crippen molar-refractivity contribution in [2.24, 2.45) is 17.3 Å². The van der Waals surface area contributed by atoms with Crippen LogP contribution in [0, 0.1) is 17.3 Å². The van der Waals surface area contributed by atoms with Gasteiger partial charge in [0.05, 0.1) is 12.2 Å². The van der Waals surface area contributed by atoms with Gasteiger partial charge in [0, 0.05) is 11.3 Å². The summed E-state index contributed by atoms with van der Waals surface area (Å²) in [4.78, 5) is 12.8. The van der Waals surface area contributed by atoms with Gasteiger partial charge in [-0.1, -0.05) is 6.92 Å². The molecule has 0 radical (unpaired) electrons. The smallest absolute Gasteiger partial charge is 0.170 e. The lowest BCUT2D eigenvalue weighted by Crippen LogP contribution is -2.60. The van der Waals surface area contributed by atoms with E-state index in [-0.39, 0.29) is 29.3 Å². The fourth-order valence-electron chi connectivity index (χ4n) is 4.58. The van der Waals surface area contributed by atoms with Crippen LogP contribution >= 0.6 is 0 Å².